The SMILES string of the molecule is C1=CN(c2cccc(Oc3cccc(N(c4cc5c6c(c4)N(c4ccccc4)c4ccccc4B6c4ccccc4N5c4ccccc4)c4ccccn4)c3)c2)CN1c1ccccc1. The van der Waals surface area contributed by atoms with Crippen molar-refractivity contribution >= 4 is 85.8 Å². The van der Waals surface area contributed by atoms with E-state index in [2.05, 4.69) is 219 Å². The number of benzene rings is 8. The molecular formula is C56H41BN6O. The van der Waals surface area contributed by atoms with Crippen LogP contribution in [0.15, 0.2) is 237 Å². The van der Waals surface area contributed by atoms with E-state index in [4.69, 9.17) is 9.72 Å². The van der Waals surface area contributed by atoms with Crippen LogP contribution in [0.2, 0.25) is 0 Å². The summed E-state index contributed by atoms with van der Waals surface area (Å²) >= 11 is 0. The van der Waals surface area contributed by atoms with E-state index in [1.807, 2.05) is 42.6 Å². The molecule has 0 aliphatic carbocycles. The number of ether oxygens (including phenoxy) is 1. The summed E-state index contributed by atoms with van der Waals surface area (Å²) in [5.74, 6) is 2.26. The first-order valence-electron chi connectivity index (χ1n) is 21.7. The number of para-hydroxylation sites is 5. The van der Waals surface area contributed by atoms with Crippen molar-refractivity contribution in [3.05, 3.63) is 237 Å². The Morgan fingerprint density at radius 3 is 1.55 bits per heavy atom. The summed E-state index contributed by atoms with van der Waals surface area (Å²) in [6, 6.07) is 77.0. The van der Waals surface area contributed by atoms with Crippen LogP contribution < -0.4 is 45.6 Å². The summed E-state index contributed by atoms with van der Waals surface area (Å²) in [7, 11) is 0. The number of aromatic nitrogens is 1. The third kappa shape index (κ3) is 6.51. The molecule has 0 fully saturated rings. The van der Waals surface area contributed by atoms with Crippen LogP contribution >= 0.6 is 0 Å². The summed E-state index contributed by atoms with van der Waals surface area (Å²) in [6.45, 7) is 0.728. The van der Waals surface area contributed by atoms with Gasteiger partial charge in [-0.2, -0.15) is 0 Å². The predicted octanol–water partition coefficient (Wildman–Crippen LogP) is 12.2. The average molecular weight is 825 g/mol. The maximum absolute atomic E-state index is 6.71. The minimum absolute atomic E-state index is 0.0135. The van der Waals surface area contributed by atoms with Gasteiger partial charge in [-0.05, 0) is 113 Å². The normalized spacial score (nSPS) is 13.3. The Balaban J connectivity index is 1.00. The van der Waals surface area contributed by atoms with Gasteiger partial charge in [0.2, 0.25) is 0 Å². The molecule has 0 N–H and O–H groups in total. The third-order valence-corrected chi connectivity index (χ3v) is 12.3. The molecule has 4 heterocycles. The number of pyridine rings is 1. The van der Waals surface area contributed by atoms with Crippen LogP contribution in [0.5, 0.6) is 11.5 Å². The van der Waals surface area contributed by atoms with Gasteiger partial charge >= 0.3 is 0 Å². The van der Waals surface area contributed by atoms with E-state index >= 15 is 0 Å². The molecule has 0 saturated heterocycles. The standard InChI is InChI=1S/C56H41BN6O/c1-4-18-41(19-5-1)59-34-35-60(40-59)44-24-16-26-47(36-44)64-48-27-17-25-45(37-48)61(55-32-14-15-33-58-55)46-38-53-56-54(39-46)63(43-22-8-3-9-23-43)52-31-13-11-29-50(52)57(56)49-28-10-12-30-51(49)62(53)42-20-6-2-7-21-42/h1-39H,40H2. The van der Waals surface area contributed by atoms with Gasteiger partial charge in [-0.1, -0.05) is 109 Å². The van der Waals surface area contributed by atoms with Crippen LogP contribution in [0.4, 0.5) is 62.7 Å². The largest absolute Gasteiger partial charge is 0.457 e. The van der Waals surface area contributed by atoms with E-state index < -0.39 is 0 Å². The highest BCUT2D eigenvalue weighted by molar-refractivity contribution is 7.00. The fraction of sp³-hybridized carbons (Fsp3) is 0.0179. The van der Waals surface area contributed by atoms with E-state index in [-0.39, 0.29) is 6.71 Å². The molecule has 304 valence electrons. The summed E-state index contributed by atoms with van der Waals surface area (Å²) in [4.78, 5) is 16.6. The zero-order valence-electron chi connectivity index (χ0n) is 34.9. The molecule has 0 bridgehead atoms. The van der Waals surface area contributed by atoms with Crippen LogP contribution in [-0.4, -0.2) is 18.4 Å². The van der Waals surface area contributed by atoms with Gasteiger partial charge in [-0.25, -0.2) is 4.98 Å². The topological polar surface area (TPSA) is 38.3 Å². The van der Waals surface area contributed by atoms with Crippen LogP contribution in [-0.2, 0) is 0 Å². The second-order valence-corrected chi connectivity index (χ2v) is 16.1. The Kier molecular flexibility index (Phi) is 9.19. The molecular weight excluding hydrogens is 783 g/mol. The average Bonchev–Trinajstić information content (AvgIpc) is 3.86. The van der Waals surface area contributed by atoms with Gasteiger partial charge in [0.15, 0.2) is 0 Å². The maximum atomic E-state index is 6.71. The Morgan fingerprint density at radius 2 is 0.938 bits per heavy atom. The van der Waals surface area contributed by atoms with Crippen LogP contribution in [0.3, 0.4) is 0 Å². The zero-order valence-corrected chi connectivity index (χ0v) is 34.9. The number of nitrogens with zero attached hydrogens (tertiary/aromatic N) is 6. The summed E-state index contributed by atoms with van der Waals surface area (Å²) in [5, 5.41) is 0. The smallest absolute Gasteiger partial charge is 0.252 e. The summed E-state index contributed by atoms with van der Waals surface area (Å²) < 4.78 is 6.71. The second kappa shape index (κ2) is 15.8. The van der Waals surface area contributed by atoms with Crippen molar-refractivity contribution in [1.29, 1.82) is 0 Å². The van der Waals surface area contributed by atoms with E-state index in [1.165, 1.54) is 16.4 Å². The molecule has 3 aliphatic rings. The van der Waals surface area contributed by atoms with Crippen molar-refractivity contribution in [3.63, 3.8) is 0 Å². The van der Waals surface area contributed by atoms with E-state index in [0.717, 1.165) is 74.2 Å². The van der Waals surface area contributed by atoms with Gasteiger partial charge in [-0.3, -0.25) is 4.90 Å². The molecule has 0 saturated carbocycles. The summed E-state index contributed by atoms with van der Waals surface area (Å²) in [6.07, 6.45) is 6.08. The minimum atomic E-state index is 0.0135. The number of hydrogen-bond acceptors (Lipinski definition) is 7. The first kappa shape index (κ1) is 37.3. The van der Waals surface area contributed by atoms with Crippen molar-refractivity contribution in [1.82, 2.24) is 4.98 Å². The number of rotatable bonds is 9. The molecule has 7 nitrogen and oxygen atoms in total. The lowest BCUT2D eigenvalue weighted by Crippen LogP contribution is -2.61. The van der Waals surface area contributed by atoms with Gasteiger partial charge in [0.05, 0.1) is 18.0 Å². The minimum Gasteiger partial charge on any atom is -0.457 e. The molecule has 0 spiro atoms. The molecule has 64 heavy (non-hydrogen) atoms. The Labute approximate surface area is 373 Å². The van der Waals surface area contributed by atoms with E-state index in [1.54, 1.807) is 0 Å². The molecule has 0 amide bonds. The van der Waals surface area contributed by atoms with Gasteiger partial charge in [-0.15, -0.1) is 0 Å². The predicted molar refractivity (Wildman–Crippen MR) is 265 cm³/mol. The van der Waals surface area contributed by atoms with Crippen molar-refractivity contribution < 1.29 is 4.74 Å². The lowest BCUT2D eigenvalue weighted by Gasteiger charge is -2.44. The molecule has 12 rings (SSSR count). The molecule has 8 heteroatoms. The molecule has 9 aromatic rings. The third-order valence-electron chi connectivity index (χ3n) is 12.3. The van der Waals surface area contributed by atoms with Gasteiger partial charge < -0.3 is 24.3 Å². The first-order chi connectivity index (χ1) is 31.7. The van der Waals surface area contributed by atoms with E-state index in [9.17, 15) is 0 Å². The number of fused-ring (bicyclic) bond motifs is 4. The second-order valence-electron chi connectivity index (χ2n) is 16.1. The van der Waals surface area contributed by atoms with Crippen molar-refractivity contribution in [2.45, 2.75) is 0 Å². The molecule has 3 aliphatic heterocycles. The highest BCUT2D eigenvalue weighted by atomic mass is 16.5. The van der Waals surface area contributed by atoms with Crippen molar-refractivity contribution in [2.75, 3.05) is 31.2 Å². The highest BCUT2D eigenvalue weighted by Crippen LogP contribution is 2.48. The monoisotopic (exact) mass is 824 g/mol. The lowest BCUT2D eigenvalue weighted by molar-refractivity contribution is 0.483. The van der Waals surface area contributed by atoms with Crippen molar-refractivity contribution in [3.8, 4) is 11.5 Å². The fourth-order valence-electron chi connectivity index (χ4n) is 9.54. The first-order valence-corrected chi connectivity index (χ1v) is 21.7. The van der Waals surface area contributed by atoms with Gasteiger partial charge in [0.1, 0.15) is 17.3 Å². The van der Waals surface area contributed by atoms with Crippen LogP contribution in [0.25, 0.3) is 0 Å². The Bertz CT molecular complexity index is 3060. The van der Waals surface area contributed by atoms with Crippen molar-refractivity contribution in [2.24, 2.45) is 0 Å². The maximum Gasteiger partial charge on any atom is 0.252 e. The molecule has 0 unspecified atom stereocenters. The summed E-state index contributed by atoms with van der Waals surface area (Å²) in [5.41, 5.74) is 14.6. The number of anilines is 11. The van der Waals surface area contributed by atoms with Gasteiger partial charge in [0.25, 0.3) is 6.71 Å². The molecule has 0 atom stereocenters. The fourth-order valence-corrected chi connectivity index (χ4v) is 9.54. The number of hydrogen-bond donors (Lipinski definition) is 0. The van der Waals surface area contributed by atoms with Gasteiger partial charge in [0, 0.05) is 76.2 Å². The Morgan fingerprint density at radius 1 is 0.422 bits per heavy atom. The van der Waals surface area contributed by atoms with E-state index in [0.29, 0.717) is 6.67 Å². The molecule has 8 aromatic carbocycles. The lowest BCUT2D eigenvalue weighted by atomic mass is 9.33. The van der Waals surface area contributed by atoms with Crippen LogP contribution in [0, 0.1) is 0 Å². The highest BCUT2D eigenvalue weighted by Gasteiger charge is 2.43. The quantitative estimate of drug-likeness (QED) is 0.134. The zero-order chi connectivity index (χ0) is 42.4. The Hall–Kier alpha value is -8.49. The van der Waals surface area contributed by atoms with Crippen LogP contribution in [0.1, 0.15) is 0 Å². The molecule has 0 radical (unpaired) electrons. The molecule has 1 aromatic heterocycles.